The SMILES string of the molecule is Cc1cc(C)c(C(=O)[P+](=O)c2c(C)c(C)c(C)c(C(=O)c3ccccc3)c2C)c(C)c1. The van der Waals surface area contributed by atoms with Crippen molar-refractivity contribution in [2.24, 2.45) is 0 Å². The number of aryl methyl sites for hydroxylation is 3. The van der Waals surface area contributed by atoms with Crippen LogP contribution in [0.1, 0.15) is 65.2 Å². The second-order valence-electron chi connectivity index (χ2n) is 8.29. The zero-order chi connectivity index (χ0) is 23.0. The minimum absolute atomic E-state index is 0.113. The van der Waals surface area contributed by atoms with Crippen LogP contribution in [0.5, 0.6) is 0 Å². The van der Waals surface area contributed by atoms with Gasteiger partial charge >= 0.3 is 13.3 Å². The minimum atomic E-state index is -2.38. The van der Waals surface area contributed by atoms with Crippen molar-refractivity contribution in [2.45, 2.75) is 48.5 Å². The van der Waals surface area contributed by atoms with E-state index < -0.39 is 7.80 Å². The average Bonchev–Trinajstić information content (AvgIpc) is 2.72. The van der Waals surface area contributed by atoms with Gasteiger partial charge in [-0.15, -0.1) is 0 Å². The molecule has 1 unspecified atom stereocenters. The molecule has 3 aromatic rings. The third kappa shape index (κ3) is 4.03. The van der Waals surface area contributed by atoms with E-state index in [2.05, 4.69) is 0 Å². The highest BCUT2D eigenvalue weighted by molar-refractivity contribution is 7.71. The molecule has 0 saturated carbocycles. The summed E-state index contributed by atoms with van der Waals surface area (Å²) < 4.78 is 13.6. The smallest absolute Gasteiger partial charge is 0.289 e. The Morgan fingerprint density at radius 2 is 1.23 bits per heavy atom. The van der Waals surface area contributed by atoms with Crippen molar-refractivity contribution in [3.8, 4) is 0 Å². The molecule has 0 aliphatic carbocycles. The van der Waals surface area contributed by atoms with E-state index in [1.54, 1.807) is 19.1 Å². The molecule has 0 radical (unpaired) electrons. The molecule has 0 aromatic heterocycles. The zero-order valence-electron chi connectivity index (χ0n) is 19.2. The molecular weight excluding hydrogens is 403 g/mol. The van der Waals surface area contributed by atoms with Crippen LogP contribution in [0.3, 0.4) is 0 Å². The molecule has 0 spiro atoms. The normalized spacial score (nSPS) is 11.4. The van der Waals surface area contributed by atoms with Crippen molar-refractivity contribution < 1.29 is 14.2 Å². The maximum absolute atomic E-state index is 13.6. The minimum Gasteiger partial charge on any atom is -0.289 e. The van der Waals surface area contributed by atoms with Gasteiger partial charge < -0.3 is 0 Å². The number of benzene rings is 3. The lowest BCUT2D eigenvalue weighted by atomic mass is 9.89. The molecule has 1 atom stereocenters. The van der Waals surface area contributed by atoms with Crippen molar-refractivity contribution >= 4 is 24.4 Å². The van der Waals surface area contributed by atoms with Crippen LogP contribution in [0, 0.1) is 48.5 Å². The Labute approximate surface area is 185 Å². The summed E-state index contributed by atoms with van der Waals surface area (Å²) in [4.78, 5) is 26.7. The topological polar surface area (TPSA) is 51.2 Å². The van der Waals surface area contributed by atoms with Crippen molar-refractivity contribution in [3.63, 3.8) is 0 Å². The fraction of sp³-hybridized carbons (Fsp3) is 0.259. The van der Waals surface area contributed by atoms with Crippen molar-refractivity contribution in [2.75, 3.05) is 0 Å². The fourth-order valence-corrected chi connectivity index (χ4v) is 6.07. The molecule has 0 aliphatic heterocycles. The van der Waals surface area contributed by atoms with Crippen LogP contribution in [0.2, 0.25) is 0 Å². The van der Waals surface area contributed by atoms with Crippen molar-refractivity contribution in [3.05, 3.63) is 98.1 Å². The summed E-state index contributed by atoms with van der Waals surface area (Å²) >= 11 is 0. The largest absolute Gasteiger partial charge is 0.459 e. The lowest BCUT2D eigenvalue weighted by Crippen LogP contribution is -2.20. The van der Waals surface area contributed by atoms with Crippen LogP contribution in [0.25, 0.3) is 0 Å². The van der Waals surface area contributed by atoms with Gasteiger partial charge in [0.15, 0.2) is 5.78 Å². The molecule has 158 valence electrons. The zero-order valence-corrected chi connectivity index (χ0v) is 20.1. The monoisotopic (exact) mass is 431 g/mol. The fourth-order valence-electron chi connectivity index (χ4n) is 4.43. The predicted molar refractivity (Wildman–Crippen MR) is 127 cm³/mol. The number of rotatable bonds is 5. The second-order valence-corrected chi connectivity index (χ2v) is 9.73. The average molecular weight is 431 g/mol. The Morgan fingerprint density at radius 1 is 0.677 bits per heavy atom. The summed E-state index contributed by atoms with van der Waals surface area (Å²) in [5, 5.41) is 0.488. The first kappa shape index (κ1) is 22.8. The summed E-state index contributed by atoms with van der Waals surface area (Å²) in [5.74, 6) is -0.113. The van der Waals surface area contributed by atoms with Gasteiger partial charge in [0.25, 0.3) is 0 Å². The van der Waals surface area contributed by atoms with Gasteiger partial charge in [0.05, 0.1) is 5.56 Å². The van der Waals surface area contributed by atoms with Crippen molar-refractivity contribution in [1.82, 2.24) is 0 Å². The van der Waals surface area contributed by atoms with E-state index in [0.717, 1.165) is 33.4 Å². The quantitative estimate of drug-likeness (QED) is 0.348. The predicted octanol–water partition coefficient (Wildman–Crippen LogP) is 6.37. The van der Waals surface area contributed by atoms with E-state index >= 15 is 0 Å². The lowest BCUT2D eigenvalue weighted by molar-refractivity contribution is 0.103. The highest BCUT2D eigenvalue weighted by Gasteiger charge is 2.40. The molecule has 4 heteroatoms. The van der Waals surface area contributed by atoms with Gasteiger partial charge in [-0.25, -0.2) is 4.79 Å². The van der Waals surface area contributed by atoms with E-state index in [0.29, 0.717) is 27.6 Å². The summed E-state index contributed by atoms with van der Waals surface area (Å²) in [6.07, 6.45) is 0. The van der Waals surface area contributed by atoms with E-state index in [1.807, 2.05) is 71.9 Å². The van der Waals surface area contributed by atoms with Gasteiger partial charge in [0.1, 0.15) is 0 Å². The standard InChI is InChI=1S/C27H28O3P/c1-15-13-16(2)23(17(3)14-15)27(29)31(30)26-20(6)18(4)19(5)24(21(26)7)25(28)22-11-9-8-10-12-22/h8-14H,1-7H3/q+1. The van der Waals surface area contributed by atoms with Gasteiger partial charge in [-0.1, -0.05) is 52.6 Å². The molecule has 0 saturated heterocycles. The van der Waals surface area contributed by atoms with Gasteiger partial charge in [0.2, 0.25) is 5.30 Å². The molecule has 0 N–H and O–H groups in total. The Balaban J connectivity index is 2.20. The molecular formula is C27H28O3P+. The Kier molecular flexibility index (Phi) is 6.38. The molecule has 3 aromatic carbocycles. The first-order valence-electron chi connectivity index (χ1n) is 10.4. The summed E-state index contributed by atoms with van der Waals surface area (Å²) in [7, 11) is -2.38. The van der Waals surface area contributed by atoms with Gasteiger partial charge in [0, 0.05) is 22.3 Å². The lowest BCUT2D eigenvalue weighted by Gasteiger charge is -2.15. The molecule has 0 heterocycles. The van der Waals surface area contributed by atoms with Gasteiger partial charge in [-0.2, -0.15) is 0 Å². The van der Waals surface area contributed by atoms with Crippen LogP contribution in [0.15, 0.2) is 42.5 Å². The van der Waals surface area contributed by atoms with E-state index in [-0.39, 0.29) is 11.3 Å². The highest BCUT2D eigenvalue weighted by Crippen LogP contribution is 2.36. The van der Waals surface area contributed by atoms with E-state index in [1.165, 1.54) is 0 Å². The molecule has 0 aliphatic rings. The third-order valence-corrected chi connectivity index (χ3v) is 7.80. The maximum atomic E-state index is 13.6. The van der Waals surface area contributed by atoms with Crippen LogP contribution < -0.4 is 5.30 Å². The molecule has 0 bridgehead atoms. The summed E-state index contributed by atoms with van der Waals surface area (Å²) in [6.45, 7) is 13.3. The maximum Gasteiger partial charge on any atom is 0.459 e. The Bertz CT molecular complexity index is 1210. The number of ketones is 1. The first-order valence-corrected chi connectivity index (χ1v) is 11.6. The molecule has 0 amide bonds. The summed E-state index contributed by atoms with van der Waals surface area (Å²) in [6, 6.07) is 13.0. The van der Waals surface area contributed by atoms with E-state index in [4.69, 9.17) is 0 Å². The third-order valence-electron chi connectivity index (χ3n) is 6.13. The van der Waals surface area contributed by atoms with Gasteiger partial charge in [-0.05, 0) is 70.7 Å². The molecule has 3 nitrogen and oxygen atoms in total. The molecule has 0 fully saturated rings. The number of hydrogen-bond donors (Lipinski definition) is 0. The molecule has 3 rings (SSSR count). The van der Waals surface area contributed by atoms with Crippen LogP contribution >= 0.6 is 7.80 Å². The molecule has 31 heavy (non-hydrogen) atoms. The van der Waals surface area contributed by atoms with Crippen molar-refractivity contribution in [1.29, 1.82) is 0 Å². The second kappa shape index (κ2) is 8.69. The first-order chi connectivity index (χ1) is 14.6. The number of hydrogen-bond acceptors (Lipinski definition) is 3. The summed E-state index contributed by atoms with van der Waals surface area (Å²) in [5.41, 5.74) is 7.18. The van der Waals surface area contributed by atoms with Crippen LogP contribution in [0.4, 0.5) is 0 Å². The van der Waals surface area contributed by atoms with Crippen LogP contribution in [-0.2, 0) is 4.57 Å². The Morgan fingerprint density at radius 3 is 1.77 bits per heavy atom. The highest BCUT2D eigenvalue weighted by atomic mass is 31.1. The number of carbonyl (C=O) groups excluding carboxylic acids is 2. The number of carbonyl (C=O) groups is 2. The van der Waals surface area contributed by atoms with Crippen LogP contribution in [-0.4, -0.2) is 11.3 Å². The van der Waals surface area contributed by atoms with E-state index in [9.17, 15) is 14.2 Å². The van der Waals surface area contributed by atoms with Gasteiger partial charge in [-0.3, -0.25) is 4.79 Å². The Hall–Kier alpha value is -2.90.